The minimum atomic E-state index is -1.10. The average molecular weight is 361 g/mol. The van der Waals surface area contributed by atoms with Crippen molar-refractivity contribution in [3.8, 4) is 0 Å². The maximum Gasteiger partial charge on any atom is 0.319 e. The van der Waals surface area contributed by atoms with E-state index < -0.39 is 35.4 Å². The van der Waals surface area contributed by atoms with Crippen LogP contribution in [0.2, 0.25) is 0 Å². The summed E-state index contributed by atoms with van der Waals surface area (Å²) in [5.74, 6) is -3.20. The van der Waals surface area contributed by atoms with Gasteiger partial charge in [0.2, 0.25) is 0 Å². The van der Waals surface area contributed by atoms with Crippen LogP contribution < -0.4 is 16.0 Å². The van der Waals surface area contributed by atoms with E-state index in [1.54, 1.807) is 0 Å². The maximum atomic E-state index is 13.3. The molecule has 0 aliphatic carbocycles. The van der Waals surface area contributed by atoms with Crippen molar-refractivity contribution in [3.63, 3.8) is 0 Å². The minimum absolute atomic E-state index is 0.0592. The van der Waals surface area contributed by atoms with Gasteiger partial charge in [-0.1, -0.05) is 12.1 Å². The molecule has 8 heteroatoms. The van der Waals surface area contributed by atoms with Crippen molar-refractivity contribution >= 4 is 17.6 Å². The summed E-state index contributed by atoms with van der Waals surface area (Å²) >= 11 is 0. The van der Waals surface area contributed by atoms with Crippen LogP contribution in [-0.4, -0.2) is 11.9 Å². The van der Waals surface area contributed by atoms with Gasteiger partial charge in [0.15, 0.2) is 11.6 Å². The second-order valence-corrected chi connectivity index (χ2v) is 5.70. The highest BCUT2D eigenvalue weighted by Crippen LogP contribution is 2.28. The van der Waals surface area contributed by atoms with Crippen LogP contribution >= 0.6 is 0 Å². The first-order valence-electron chi connectivity index (χ1n) is 7.65. The molecule has 1 unspecified atom stereocenters. The van der Waals surface area contributed by atoms with Crippen molar-refractivity contribution in [1.29, 1.82) is 0 Å². The molecule has 3 amide bonds. The van der Waals surface area contributed by atoms with Gasteiger partial charge in [-0.3, -0.25) is 4.79 Å². The van der Waals surface area contributed by atoms with E-state index in [1.165, 1.54) is 37.3 Å². The molecule has 1 heterocycles. The van der Waals surface area contributed by atoms with Gasteiger partial charge in [0, 0.05) is 17.5 Å². The third-order valence-corrected chi connectivity index (χ3v) is 3.89. The Bertz CT molecular complexity index is 910. The molecule has 0 bridgehead atoms. The standard InChI is InChI=1S/C18H14F3N3O2/c1-9-15(17(25)23-12-6-7-13(20)14(21)8-12)16(24-18(26)22-9)10-2-4-11(19)5-3-10/h2-8,16H,1H3,(H,23,25)(H2,22,24,26). The Morgan fingerprint density at radius 3 is 2.38 bits per heavy atom. The Labute approximate surface area is 146 Å². The molecule has 0 spiro atoms. The van der Waals surface area contributed by atoms with Crippen LogP contribution in [0.4, 0.5) is 23.7 Å². The van der Waals surface area contributed by atoms with Crippen LogP contribution in [0, 0.1) is 17.5 Å². The van der Waals surface area contributed by atoms with E-state index >= 15 is 0 Å². The first-order valence-corrected chi connectivity index (χ1v) is 7.65. The van der Waals surface area contributed by atoms with Crippen molar-refractivity contribution in [3.05, 3.63) is 76.7 Å². The number of carbonyl (C=O) groups is 2. The number of hydrogen-bond donors (Lipinski definition) is 3. The molecule has 0 saturated heterocycles. The van der Waals surface area contributed by atoms with Gasteiger partial charge in [-0.25, -0.2) is 18.0 Å². The Hall–Kier alpha value is -3.29. The zero-order chi connectivity index (χ0) is 18.8. The maximum absolute atomic E-state index is 13.3. The van der Waals surface area contributed by atoms with E-state index in [2.05, 4.69) is 16.0 Å². The molecule has 5 nitrogen and oxygen atoms in total. The molecule has 1 atom stereocenters. The SMILES string of the molecule is CC1=C(C(=O)Nc2ccc(F)c(F)c2)C(c2ccc(F)cc2)NC(=O)N1. The van der Waals surface area contributed by atoms with Crippen molar-refractivity contribution in [2.45, 2.75) is 13.0 Å². The number of hydrogen-bond acceptors (Lipinski definition) is 2. The number of rotatable bonds is 3. The van der Waals surface area contributed by atoms with Gasteiger partial charge in [-0.2, -0.15) is 0 Å². The molecule has 0 fully saturated rings. The highest BCUT2D eigenvalue weighted by Gasteiger charge is 2.31. The lowest BCUT2D eigenvalue weighted by molar-refractivity contribution is -0.113. The summed E-state index contributed by atoms with van der Waals surface area (Å²) in [5.41, 5.74) is 1.02. The Kier molecular flexibility index (Phi) is 4.66. The van der Waals surface area contributed by atoms with E-state index in [9.17, 15) is 22.8 Å². The second-order valence-electron chi connectivity index (χ2n) is 5.70. The molecule has 1 aliphatic heterocycles. The molecule has 3 N–H and O–H groups in total. The lowest BCUT2D eigenvalue weighted by atomic mass is 9.95. The molecule has 2 aromatic rings. The Balaban J connectivity index is 1.93. The highest BCUT2D eigenvalue weighted by molar-refractivity contribution is 6.06. The van der Waals surface area contributed by atoms with Gasteiger partial charge < -0.3 is 16.0 Å². The zero-order valence-electron chi connectivity index (χ0n) is 13.6. The Morgan fingerprint density at radius 2 is 1.73 bits per heavy atom. The molecule has 26 heavy (non-hydrogen) atoms. The fourth-order valence-corrected chi connectivity index (χ4v) is 2.67. The smallest absolute Gasteiger partial charge is 0.319 e. The largest absolute Gasteiger partial charge is 0.327 e. The number of nitrogens with one attached hydrogen (secondary N) is 3. The van der Waals surface area contributed by atoms with Crippen LogP contribution in [0.3, 0.4) is 0 Å². The van der Waals surface area contributed by atoms with Crippen LogP contribution in [-0.2, 0) is 4.79 Å². The fraction of sp³-hybridized carbons (Fsp3) is 0.111. The van der Waals surface area contributed by atoms with E-state index in [0.717, 1.165) is 12.1 Å². The van der Waals surface area contributed by atoms with Crippen molar-refractivity contribution in [2.24, 2.45) is 0 Å². The average Bonchev–Trinajstić information content (AvgIpc) is 2.58. The number of allylic oxidation sites excluding steroid dienone is 1. The van der Waals surface area contributed by atoms with Crippen LogP contribution in [0.5, 0.6) is 0 Å². The normalized spacial score (nSPS) is 16.8. The van der Waals surface area contributed by atoms with Crippen molar-refractivity contribution < 1.29 is 22.8 Å². The lowest BCUT2D eigenvalue weighted by Gasteiger charge is -2.28. The molecule has 0 aromatic heterocycles. The van der Waals surface area contributed by atoms with Crippen molar-refractivity contribution in [2.75, 3.05) is 5.32 Å². The minimum Gasteiger partial charge on any atom is -0.327 e. The molecule has 3 rings (SSSR count). The Morgan fingerprint density at radius 1 is 1.04 bits per heavy atom. The van der Waals surface area contributed by atoms with Gasteiger partial charge in [0.1, 0.15) is 5.82 Å². The summed E-state index contributed by atoms with van der Waals surface area (Å²) in [6.45, 7) is 1.54. The number of benzene rings is 2. The first kappa shape index (κ1) is 17.5. The molecule has 134 valence electrons. The number of urea groups is 1. The van der Waals surface area contributed by atoms with Gasteiger partial charge in [-0.05, 0) is 36.8 Å². The molecule has 2 aromatic carbocycles. The third-order valence-electron chi connectivity index (χ3n) is 3.89. The van der Waals surface area contributed by atoms with Gasteiger partial charge in [0.25, 0.3) is 5.91 Å². The summed E-state index contributed by atoms with van der Waals surface area (Å²) < 4.78 is 39.5. The summed E-state index contributed by atoms with van der Waals surface area (Å²) in [6, 6.07) is 6.94. The van der Waals surface area contributed by atoms with E-state index in [-0.39, 0.29) is 11.3 Å². The van der Waals surface area contributed by atoms with Crippen LogP contribution in [0.15, 0.2) is 53.7 Å². The van der Waals surface area contributed by atoms with Gasteiger partial charge >= 0.3 is 6.03 Å². The van der Waals surface area contributed by atoms with Crippen LogP contribution in [0.25, 0.3) is 0 Å². The summed E-state index contributed by atoms with van der Waals surface area (Å²) in [6.07, 6.45) is 0. The zero-order valence-corrected chi connectivity index (χ0v) is 13.6. The number of carbonyl (C=O) groups excluding carboxylic acids is 2. The summed E-state index contributed by atoms with van der Waals surface area (Å²) in [4.78, 5) is 24.5. The molecule has 0 saturated carbocycles. The molecule has 1 aliphatic rings. The summed E-state index contributed by atoms with van der Waals surface area (Å²) in [5, 5.41) is 7.55. The predicted octanol–water partition coefficient (Wildman–Crippen LogP) is 3.37. The highest BCUT2D eigenvalue weighted by atomic mass is 19.2. The molecule has 0 radical (unpaired) electrons. The first-order chi connectivity index (χ1) is 12.3. The molecular weight excluding hydrogens is 347 g/mol. The number of halogens is 3. The summed E-state index contributed by atoms with van der Waals surface area (Å²) in [7, 11) is 0. The second kappa shape index (κ2) is 6.91. The lowest BCUT2D eigenvalue weighted by Crippen LogP contribution is -2.45. The van der Waals surface area contributed by atoms with Gasteiger partial charge in [0.05, 0.1) is 11.6 Å². The van der Waals surface area contributed by atoms with E-state index in [0.29, 0.717) is 11.3 Å². The van der Waals surface area contributed by atoms with Gasteiger partial charge in [-0.15, -0.1) is 0 Å². The van der Waals surface area contributed by atoms with E-state index in [1.807, 2.05) is 0 Å². The fourth-order valence-electron chi connectivity index (χ4n) is 2.67. The van der Waals surface area contributed by atoms with Crippen molar-refractivity contribution in [1.82, 2.24) is 10.6 Å². The quantitative estimate of drug-likeness (QED) is 0.785. The number of anilines is 1. The molecular formula is C18H14F3N3O2. The third kappa shape index (κ3) is 3.53. The number of amides is 3. The van der Waals surface area contributed by atoms with Crippen LogP contribution in [0.1, 0.15) is 18.5 Å². The monoisotopic (exact) mass is 361 g/mol. The predicted molar refractivity (Wildman–Crippen MR) is 88.5 cm³/mol. The topological polar surface area (TPSA) is 70.2 Å². The van der Waals surface area contributed by atoms with E-state index in [4.69, 9.17) is 0 Å².